The minimum absolute atomic E-state index is 0.506. The molecule has 0 bridgehead atoms. The lowest BCUT2D eigenvalue weighted by Crippen LogP contribution is -2.10. The summed E-state index contributed by atoms with van der Waals surface area (Å²) in [5.41, 5.74) is 9.48. The lowest BCUT2D eigenvalue weighted by atomic mass is 10.1. The average molecular weight is 277 g/mol. The number of hydrogen-bond donors (Lipinski definition) is 2. The van der Waals surface area contributed by atoms with Crippen molar-refractivity contribution in [3.05, 3.63) is 41.0 Å². The van der Waals surface area contributed by atoms with Crippen LogP contribution in [0, 0.1) is 6.92 Å². The van der Waals surface area contributed by atoms with Gasteiger partial charge in [0.1, 0.15) is 5.82 Å². The van der Waals surface area contributed by atoms with E-state index in [0.29, 0.717) is 16.5 Å². The molecule has 3 N–H and O–H groups in total. The molecular formula is C14H17ClN4. The number of benzene rings is 1. The normalized spacial score (nSPS) is 10.3. The van der Waals surface area contributed by atoms with Gasteiger partial charge in [0.2, 0.25) is 0 Å². The first-order chi connectivity index (χ1) is 8.97. The van der Waals surface area contributed by atoms with Gasteiger partial charge in [-0.25, -0.2) is 4.98 Å². The van der Waals surface area contributed by atoms with Crippen LogP contribution in [0.1, 0.15) is 5.56 Å². The topological polar surface area (TPSA) is 54.2 Å². The Hall–Kier alpha value is -1.94. The van der Waals surface area contributed by atoms with Crippen LogP contribution in [0.25, 0.3) is 0 Å². The lowest BCUT2D eigenvalue weighted by Gasteiger charge is -2.17. The smallest absolute Gasteiger partial charge is 0.149 e. The summed E-state index contributed by atoms with van der Waals surface area (Å²) in [5.74, 6) is 0.601. The maximum atomic E-state index is 6.10. The molecule has 0 atom stereocenters. The molecule has 2 rings (SSSR count). The van der Waals surface area contributed by atoms with Crippen LogP contribution in [0.15, 0.2) is 30.5 Å². The molecule has 0 fully saturated rings. The molecule has 1 aromatic carbocycles. The Morgan fingerprint density at radius 3 is 2.63 bits per heavy atom. The van der Waals surface area contributed by atoms with E-state index < -0.39 is 0 Å². The lowest BCUT2D eigenvalue weighted by molar-refractivity contribution is 1.11. The number of nitrogens with one attached hydrogen (secondary N) is 1. The van der Waals surface area contributed by atoms with Gasteiger partial charge in [-0.05, 0) is 30.7 Å². The monoisotopic (exact) mass is 276 g/mol. The van der Waals surface area contributed by atoms with Crippen LogP contribution in [-0.2, 0) is 0 Å². The molecule has 0 unspecified atom stereocenters. The van der Waals surface area contributed by atoms with E-state index in [1.807, 2.05) is 20.2 Å². The Balaban J connectivity index is 2.31. The predicted octanol–water partition coefficient (Wildman–Crippen LogP) is 3.44. The van der Waals surface area contributed by atoms with Gasteiger partial charge in [0.15, 0.2) is 0 Å². The van der Waals surface area contributed by atoms with Crippen LogP contribution in [0.4, 0.5) is 22.9 Å². The van der Waals surface area contributed by atoms with Gasteiger partial charge in [-0.2, -0.15) is 0 Å². The van der Waals surface area contributed by atoms with Crippen LogP contribution in [-0.4, -0.2) is 19.1 Å². The van der Waals surface area contributed by atoms with E-state index in [-0.39, 0.29) is 0 Å². The number of nitrogens with zero attached hydrogens (tertiary/aromatic N) is 2. The highest BCUT2D eigenvalue weighted by Crippen LogP contribution is 2.28. The molecule has 4 nitrogen and oxygen atoms in total. The first kappa shape index (κ1) is 13.5. The fraction of sp³-hybridized carbons (Fsp3) is 0.214. The van der Waals surface area contributed by atoms with Crippen LogP contribution in [0.2, 0.25) is 5.02 Å². The Morgan fingerprint density at radius 1 is 1.26 bits per heavy atom. The number of halogens is 1. The van der Waals surface area contributed by atoms with Gasteiger partial charge in [-0.15, -0.1) is 0 Å². The number of pyridine rings is 1. The molecule has 2 aromatic rings. The van der Waals surface area contributed by atoms with Crippen LogP contribution < -0.4 is 16.0 Å². The number of aromatic nitrogens is 1. The van der Waals surface area contributed by atoms with Crippen molar-refractivity contribution >= 4 is 34.5 Å². The van der Waals surface area contributed by atoms with Gasteiger partial charge < -0.3 is 16.0 Å². The Morgan fingerprint density at radius 2 is 2.00 bits per heavy atom. The Labute approximate surface area is 118 Å². The van der Waals surface area contributed by atoms with Gasteiger partial charge in [0.05, 0.1) is 16.9 Å². The first-order valence-electron chi connectivity index (χ1n) is 5.93. The Bertz CT molecular complexity index is 596. The second kappa shape index (κ2) is 5.36. The van der Waals surface area contributed by atoms with Crippen molar-refractivity contribution in [2.24, 2.45) is 0 Å². The van der Waals surface area contributed by atoms with E-state index in [0.717, 1.165) is 11.4 Å². The summed E-state index contributed by atoms with van der Waals surface area (Å²) in [6.45, 7) is 2.08. The number of rotatable bonds is 3. The van der Waals surface area contributed by atoms with Crippen molar-refractivity contribution in [2.45, 2.75) is 6.92 Å². The second-order valence-electron chi connectivity index (χ2n) is 4.62. The maximum Gasteiger partial charge on any atom is 0.149 e. The third-order valence-electron chi connectivity index (χ3n) is 2.82. The first-order valence-corrected chi connectivity index (χ1v) is 6.31. The van der Waals surface area contributed by atoms with Gasteiger partial charge in [-0.3, -0.25) is 0 Å². The highest BCUT2D eigenvalue weighted by molar-refractivity contribution is 6.33. The summed E-state index contributed by atoms with van der Waals surface area (Å²) in [7, 11) is 4.03. The molecule has 19 heavy (non-hydrogen) atoms. The van der Waals surface area contributed by atoms with E-state index in [4.69, 9.17) is 17.3 Å². The molecule has 0 saturated carbocycles. The van der Waals surface area contributed by atoms with E-state index >= 15 is 0 Å². The van der Waals surface area contributed by atoms with Gasteiger partial charge in [0.25, 0.3) is 0 Å². The minimum Gasteiger partial charge on any atom is -0.397 e. The number of anilines is 4. The van der Waals surface area contributed by atoms with Crippen LogP contribution in [0.5, 0.6) is 0 Å². The third-order valence-corrected chi connectivity index (χ3v) is 3.10. The fourth-order valence-electron chi connectivity index (χ4n) is 1.85. The molecule has 0 spiro atoms. The standard InChI is InChI=1S/C14H17ClN4/c1-9-4-5-11(7-13(9)19(2)3)18-14-12(15)6-10(16)8-17-14/h4-8H,16H2,1-3H3,(H,17,18). The summed E-state index contributed by atoms with van der Waals surface area (Å²) < 4.78 is 0. The van der Waals surface area contributed by atoms with Crippen molar-refractivity contribution in [2.75, 3.05) is 30.0 Å². The zero-order valence-corrected chi connectivity index (χ0v) is 12.0. The molecule has 1 aromatic heterocycles. The van der Waals surface area contributed by atoms with Crippen LogP contribution >= 0.6 is 11.6 Å². The number of aryl methyl sites for hydroxylation is 1. The van der Waals surface area contributed by atoms with Gasteiger partial charge in [0, 0.05) is 25.5 Å². The SMILES string of the molecule is Cc1ccc(Nc2ncc(N)cc2Cl)cc1N(C)C. The van der Waals surface area contributed by atoms with Crippen molar-refractivity contribution in [1.82, 2.24) is 4.98 Å². The molecule has 0 aliphatic carbocycles. The van der Waals surface area contributed by atoms with Crippen molar-refractivity contribution in [3.63, 3.8) is 0 Å². The minimum atomic E-state index is 0.506. The molecule has 1 heterocycles. The molecule has 100 valence electrons. The highest BCUT2D eigenvalue weighted by atomic mass is 35.5. The summed E-state index contributed by atoms with van der Waals surface area (Å²) >= 11 is 6.10. The van der Waals surface area contributed by atoms with Crippen LogP contribution in [0.3, 0.4) is 0 Å². The van der Waals surface area contributed by atoms with E-state index in [1.54, 1.807) is 12.3 Å². The summed E-state index contributed by atoms with van der Waals surface area (Å²) in [6, 6.07) is 7.79. The van der Waals surface area contributed by atoms with Crippen molar-refractivity contribution in [1.29, 1.82) is 0 Å². The zero-order chi connectivity index (χ0) is 14.0. The average Bonchev–Trinajstić information content (AvgIpc) is 2.34. The second-order valence-corrected chi connectivity index (χ2v) is 5.03. The number of nitrogens with two attached hydrogens (primary N) is 1. The summed E-state index contributed by atoms with van der Waals surface area (Å²) in [4.78, 5) is 6.26. The molecule has 0 radical (unpaired) electrons. The molecule has 0 amide bonds. The van der Waals surface area contributed by atoms with Crippen molar-refractivity contribution in [3.8, 4) is 0 Å². The van der Waals surface area contributed by atoms with E-state index in [2.05, 4.69) is 34.3 Å². The molecule has 5 heteroatoms. The summed E-state index contributed by atoms with van der Waals surface area (Å²) in [5, 5.41) is 3.70. The molecule has 0 aliphatic heterocycles. The quantitative estimate of drug-likeness (QED) is 0.902. The maximum absolute atomic E-state index is 6.10. The van der Waals surface area contributed by atoms with E-state index in [9.17, 15) is 0 Å². The zero-order valence-electron chi connectivity index (χ0n) is 11.2. The van der Waals surface area contributed by atoms with Crippen molar-refractivity contribution < 1.29 is 0 Å². The molecule has 0 aliphatic rings. The fourth-order valence-corrected chi connectivity index (χ4v) is 2.07. The molecular weight excluding hydrogens is 260 g/mol. The summed E-state index contributed by atoms with van der Waals surface area (Å²) in [6.07, 6.45) is 1.58. The predicted molar refractivity (Wildman–Crippen MR) is 82.4 cm³/mol. The number of hydrogen-bond acceptors (Lipinski definition) is 4. The highest BCUT2D eigenvalue weighted by Gasteiger charge is 2.06. The Kier molecular flexibility index (Phi) is 3.81. The van der Waals surface area contributed by atoms with E-state index in [1.165, 1.54) is 5.56 Å². The molecule has 0 saturated heterocycles. The van der Waals surface area contributed by atoms with Gasteiger partial charge in [-0.1, -0.05) is 17.7 Å². The largest absolute Gasteiger partial charge is 0.397 e. The van der Waals surface area contributed by atoms with Gasteiger partial charge >= 0.3 is 0 Å². The third kappa shape index (κ3) is 3.09. The number of nitrogen functional groups attached to an aromatic ring is 1.